The lowest BCUT2D eigenvalue weighted by Crippen LogP contribution is -2.56. The number of ether oxygens (including phenoxy) is 2. The Morgan fingerprint density at radius 3 is 2.14 bits per heavy atom. The number of aliphatic hydroxyl groups is 2. The van der Waals surface area contributed by atoms with Crippen molar-refractivity contribution in [2.75, 3.05) is 26.2 Å². The number of hydrogen-bond donors (Lipinski definition) is 3. The smallest absolute Gasteiger partial charge is 0.178 e. The van der Waals surface area contributed by atoms with E-state index in [0.29, 0.717) is 12.3 Å². The van der Waals surface area contributed by atoms with E-state index in [1.165, 1.54) is 0 Å². The molecule has 0 bridgehead atoms. The average molecular weight is 401 g/mol. The van der Waals surface area contributed by atoms with Crippen LogP contribution < -0.4 is 14.8 Å². The number of aliphatic hydroxyl groups excluding tert-OH is 2. The molecule has 0 radical (unpaired) electrons. The Morgan fingerprint density at radius 2 is 1.55 bits per heavy atom. The lowest BCUT2D eigenvalue weighted by molar-refractivity contribution is -0.0986. The second-order valence-corrected chi connectivity index (χ2v) is 7.52. The molecule has 0 spiro atoms. The normalized spacial score (nSPS) is 18.2. The van der Waals surface area contributed by atoms with Crippen LogP contribution in [0.15, 0.2) is 60.7 Å². The van der Waals surface area contributed by atoms with Crippen molar-refractivity contribution in [2.24, 2.45) is 0 Å². The van der Waals surface area contributed by atoms with E-state index >= 15 is 0 Å². The van der Waals surface area contributed by atoms with Crippen molar-refractivity contribution in [2.45, 2.75) is 44.2 Å². The summed E-state index contributed by atoms with van der Waals surface area (Å²) in [5.74, 6) is 1.43. The fraction of sp³-hybridized carbons (Fsp3) is 0.478. The summed E-state index contributed by atoms with van der Waals surface area (Å²) < 4.78 is 11.9. The van der Waals surface area contributed by atoms with Crippen molar-refractivity contribution in [1.82, 2.24) is 10.2 Å². The zero-order chi connectivity index (χ0) is 20.5. The van der Waals surface area contributed by atoms with Crippen LogP contribution in [0.3, 0.4) is 0 Å². The lowest BCUT2D eigenvalue weighted by atomic mass is 10.0. The van der Waals surface area contributed by atoms with Gasteiger partial charge >= 0.3 is 0 Å². The zero-order valence-electron chi connectivity index (χ0n) is 17.0. The van der Waals surface area contributed by atoms with Crippen molar-refractivity contribution in [1.29, 1.82) is 0 Å². The molecule has 158 valence electrons. The minimum atomic E-state index is -0.715. The number of rotatable bonds is 10. The molecule has 0 aromatic heterocycles. The van der Waals surface area contributed by atoms with Gasteiger partial charge in [-0.05, 0) is 57.1 Å². The summed E-state index contributed by atoms with van der Waals surface area (Å²) in [5, 5.41) is 24.6. The van der Waals surface area contributed by atoms with Gasteiger partial charge in [0.05, 0.1) is 0 Å². The Kier molecular flexibility index (Phi) is 8.31. The monoisotopic (exact) mass is 400 g/mol. The number of benzene rings is 2. The van der Waals surface area contributed by atoms with E-state index in [1.807, 2.05) is 60.7 Å². The molecule has 0 aliphatic carbocycles. The van der Waals surface area contributed by atoms with E-state index in [0.717, 1.165) is 31.7 Å². The van der Waals surface area contributed by atoms with Crippen LogP contribution >= 0.6 is 0 Å². The van der Waals surface area contributed by atoms with Crippen LogP contribution in [0.5, 0.6) is 11.5 Å². The zero-order valence-corrected chi connectivity index (χ0v) is 17.0. The quantitative estimate of drug-likeness (QED) is 0.532. The molecule has 1 heterocycles. The van der Waals surface area contributed by atoms with Crippen LogP contribution in [-0.2, 0) is 0 Å². The summed E-state index contributed by atoms with van der Waals surface area (Å²) in [5.41, 5.74) is 0. The average Bonchev–Trinajstić information content (AvgIpc) is 2.76. The molecule has 3 N–H and O–H groups in total. The molecular formula is C23H32N2O4. The van der Waals surface area contributed by atoms with Crippen LogP contribution in [-0.4, -0.2) is 65.8 Å². The SMILES string of the molecule is CC(O)C(Oc1ccccc1)N(C[C@@H](O)COc1ccccc1)C1CCNCC1. The first-order valence-electron chi connectivity index (χ1n) is 10.4. The summed E-state index contributed by atoms with van der Waals surface area (Å²) in [7, 11) is 0. The highest BCUT2D eigenvalue weighted by molar-refractivity contribution is 5.22. The minimum absolute atomic E-state index is 0.184. The van der Waals surface area contributed by atoms with Crippen molar-refractivity contribution in [3.63, 3.8) is 0 Å². The number of hydrogen-bond acceptors (Lipinski definition) is 6. The molecule has 0 amide bonds. The molecule has 3 atom stereocenters. The summed E-state index contributed by atoms with van der Waals surface area (Å²) in [6.07, 6.45) is -0.0914. The number of piperidine rings is 1. The Balaban J connectivity index is 1.69. The van der Waals surface area contributed by atoms with Gasteiger partial charge in [0.2, 0.25) is 0 Å². The van der Waals surface area contributed by atoms with Crippen LogP contribution in [0.1, 0.15) is 19.8 Å². The van der Waals surface area contributed by atoms with Crippen LogP contribution in [0.4, 0.5) is 0 Å². The van der Waals surface area contributed by atoms with E-state index in [1.54, 1.807) is 6.92 Å². The van der Waals surface area contributed by atoms with E-state index in [-0.39, 0.29) is 12.6 Å². The summed E-state index contributed by atoms with van der Waals surface area (Å²) in [4.78, 5) is 2.09. The number of nitrogens with one attached hydrogen (secondary N) is 1. The molecule has 1 aliphatic rings. The highest BCUT2D eigenvalue weighted by Crippen LogP contribution is 2.22. The molecule has 1 fully saturated rings. The van der Waals surface area contributed by atoms with Gasteiger partial charge in [-0.15, -0.1) is 0 Å². The Bertz CT molecular complexity index is 693. The van der Waals surface area contributed by atoms with E-state index in [2.05, 4.69) is 10.2 Å². The van der Waals surface area contributed by atoms with Crippen molar-refractivity contribution < 1.29 is 19.7 Å². The van der Waals surface area contributed by atoms with Crippen molar-refractivity contribution >= 4 is 0 Å². The largest absolute Gasteiger partial charge is 0.491 e. The maximum atomic E-state index is 10.7. The summed E-state index contributed by atoms with van der Waals surface area (Å²) in [6, 6.07) is 19.2. The van der Waals surface area contributed by atoms with Gasteiger partial charge in [0.15, 0.2) is 6.23 Å². The maximum absolute atomic E-state index is 10.7. The van der Waals surface area contributed by atoms with Gasteiger partial charge < -0.3 is 25.0 Å². The molecule has 2 unspecified atom stereocenters. The Morgan fingerprint density at radius 1 is 0.966 bits per heavy atom. The third-order valence-electron chi connectivity index (χ3n) is 5.12. The van der Waals surface area contributed by atoms with Gasteiger partial charge in [0.25, 0.3) is 0 Å². The molecule has 3 rings (SSSR count). The van der Waals surface area contributed by atoms with Gasteiger partial charge in [-0.1, -0.05) is 36.4 Å². The Labute approximate surface area is 173 Å². The van der Waals surface area contributed by atoms with E-state index in [9.17, 15) is 10.2 Å². The van der Waals surface area contributed by atoms with Crippen LogP contribution in [0.25, 0.3) is 0 Å². The fourth-order valence-corrected chi connectivity index (χ4v) is 3.69. The third kappa shape index (κ3) is 6.72. The third-order valence-corrected chi connectivity index (χ3v) is 5.12. The van der Waals surface area contributed by atoms with Crippen LogP contribution in [0.2, 0.25) is 0 Å². The molecule has 1 aliphatic heterocycles. The topological polar surface area (TPSA) is 74.2 Å². The van der Waals surface area contributed by atoms with Crippen LogP contribution in [0, 0.1) is 0 Å². The van der Waals surface area contributed by atoms with Gasteiger partial charge in [-0.25, -0.2) is 0 Å². The molecular weight excluding hydrogens is 368 g/mol. The van der Waals surface area contributed by atoms with E-state index in [4.69, 9.17) is 9.47 Å². The molecule has 2 aromatic carbocycles. The summed E-state index contributed by atoms with van der Waals surface area (Å²) in [6.45, 7) is 4.10. The highest BCUT2D eigenvalue weighted by atomic mass is 16.5. The lowest BCUT2D eigenvalue weighted by Gasteiger charge is -2.41. The first-order valence-corrected chi connectivity index (χ1v) is 10.4. The fourth-order valence-electron chi connectivity index (χ4n) is 3.69. The molecule has 6 heteroatoms. The molecule has 1 saturated heterocycles. The highest BCUT2D eigenvalue weighted by Gasteiger charge is 2.33. The number of nitrogens with zero attached hydrogens (tertiary/aromatic N) is 1. The maximum Gasteiger partial charge on any atom is 0.178 e. The Hall–Kier alpha value is -2.12. The standard InChI is InChI=1S/C23H32N2O4/c1-18(26)23(29-22-10-6-3-7-11-22)25(19-12-14-24-15-13-19)16-20(27)17-28-21-8-4-2-5-9-21/h2-11,18-20,23-24,26-27H,12-17H2,1H3/t18?,20-,23?/m1/s1. The van der Waals surface area contributed by atoms with Gasteiger partial charge in [0, 0.05) is 12.6 Å². The number of para-hydroxylation sites is 2. The van der Waals surface area contributed by atoms with Crippen molar-refractivity contribution in [3.05, 3.63) is 60.7 Å². The molecule has 29 heavy (non-hydrogen) atoms. The molecule has 2 aromatic rings. The first-order chi connectivity index (χ1) is 14.1. The predicted molar refractivity (Wildman–Crippen MR) is 113 cm³/mol. The molecule has 6 nitrogen and oxygen atoms in total. The second-order valence-electron chi connectivity index (χ2n) is 7.52. The van der Waals surface area contributed by atoms with Gasteiger partial charge in [-0.2, -0.15) is 0 Å². The van der Waals surface area contributed by atoms with Gasteiger partial charge in [-0.3, -0.25) is 4.90 Å². The summed E-state index contributed by atoms with van der Waals surface area (Å²) >= 11 is 0. The van der Waals surface area contributed by atoms with E-state index < -0.39 is 18.4 Å². The predicted octanol–water partition coefficient (Wildman–Crippen LogP) is 2.27. The van der Waals surface area contributed by atoms with Crippen molar-refractivity contribution in [3.8, 4) is 11.5 Å². The second kappa shape index (κ2) is 11.2. The van der Waals surface area contributed by atoms with Gasteiger partial charge in [0.1, 0.15) is 30.3 Å². The molecule has 0 saturated carbocycles. The first kappa shape index (κ1) is 21.6. The minimum Gasteiger partial charge on any atom is -0.491 e.